The van der Waals surface area contributed by atoms with Crippen LogP contribution in [0.2, 0.25) is 0 Å². The van der Waals surface area contributed by atoms with Crippen molar-refractivity contribution >= 4 is 44.2 Å². The molecule has 4 nitrogen and oxygen atoms in total. The van der Waals surface area contributed by atoms with Gasteiger partial charge in [0, 0.05) is 28.6 Å². The number of imidazole rings is 1. The van der Waals surface area contributed by atoms with E-state index in [2.05, 4.69) is 4.98 Å². The minimum absolute atomic E-state index is 0.0643. The van der Waals surface area contributed by atoms with Gasteiger partial charge in [0.05, 0.1) is 10.4 Å². The Morgan fingerprint density at radius 3 is 2.59 bits per heavy atom. The predicted molar refractivity (Wildman–Crippen MR) is 113 cm³/mol. The first kappa shape index (κ1) is 20.0. The summed E-state index contributed by atoms with van der Waals surface area (Å²) in [6, 6.07) is 8.93. The van der Waals surface area contributed by atoms with E-state index < -0.39 is 17.4 Å². The molecule has 1 aromatic carbocycles. The molecule has 0 radical (unpaired) electrons. The van der Waals surface area contributed by atoms with E-state index in [9.17, 15) is 18.0 Å². The number of thiophene rings is 1. The first-order valence-electron chi connectivity index (χ1n) is 9.10. The van der Waals surface area contributed by atoms with E-state index in [1.807, 2.05) is 31.2 Å². The molecule has 0 aliphatic rings. The first-order valence-corrected chi connectivity index (χ1v) is 10.9. The first-order chi connectivity index (χ1) is 13.8. The molecule has 9 heteroatoms. The minimum atomic E-state index is -4.62. The Morgan fingerprint density at radius 2 is 1.93 bits per heavy atom. The summed E-state index contributed by atoms with van der Waals surface area (Å²) >= 11 is 3.20. The molecule has 0 saturated carbocycles. The molecule has 0 aliphatic carbocycles. The number of pyridine rings is 1. The molecule has 0 amide bonds. The molecule has 0 N–H and O–H groups in total. The van der Waals surface area contributed by atoms with Gasteiger partial charge >= 0.3 is 6.18 Å². The standard InChI is InChI=1S/C20H18F3N3OS2/c1-4-26-14(20(21,22)23)10-12-15(19(26)27)25(3)18(24-12)17-16(28-5-2)11-8-6-7-9-13(11)29-17/h6-10H,4-5H2,1-3H3. The second-order valence-electron chi connectivity index (χ2n) is 6.49. The molecule has 0 atom stereocenters. The maximum atomic E-state index is 13.5. The Hall–Kier alpha value is -2.26. The smallest absolute Gasteiger partial charge is 0.322 e. The highest BCUT2D eigenvalue weighted by Gasteiger charge is 2.36. The van der Waals surface area contributed by atoms with Gasteiger partial charge in [0.25, 0.3) is 5.56 Å². The number of rotatable bonds is 4. The fraction of sp³-hybridized carbons (Fsp3) is 0.300. The highest BCUT2D eigenvalue weighted by molar-refractivity contribution is 7.99. The van der Waals surface area contributed by atoms with Crippen molar-refractivity contribution in [2.24, 2.45) is 7.05 Å². The molecule has 0 bridgehead atoms. The van der Waals surface area contributed by atoms with Gasteiger partial charge in [0.2, 0.25) is 0 Å². The third-order valence-corrected chi connectivity index (χ3v) is 7.08. The molecule has 0 spiro atoms. The maximum Gasteiger partial charge on any atom is 0.431 e. The zero-order valence-corrected chi connectivity index (χ0v) is 17.6. The average Bonchev–Trinajstić information content (AvgIpc) is 3.19. The Balaban J connectivity index is 2.06. The number of alkyl halides is 3. The second-order valence-corrected chi connectivity index (χ2v) is 8.82. The van der Waals surface area contributed by atoms with Crippen molar-refractivity contribution < 1.29 is 13.2 Å². The highest BCUT2D eigenvalue weighted by Crippen LogP contribution is 2.44. The van der Waals surface area contributed by atoms with E-state index in [1.54, 1.807) is 23.4 Å². The Bertz CT molecular complexity index is 1280. The van der Waals surface area contributed by atoms with Crippen molar-refractivity contribution in [2.75, 3.05) is 5.75 Å². The van der Waals surface area contributed by atoms with Gasteiger partial charge in [-0.15, -0.1) is 23.1 Å². The fourth-order valence-electron chi connectivity index (χ4n) is 3.53. The third kappa shape index (κ3) is 3.16. The second kappa shape index (κ2) is 7.21. The number of hydrogen-bond donors (Lipinski definition) is 0. The van der Waals surface area contributed by atoms with Crippen LogP contribution in [0, 0.1) is 0 Å². The van der Waals surface area contributed by atoms with Crippen LogP contribution in [0.15, 0.2) is 40.0 Å². The van der Waals surface area contributed by atoms with Crippen molar-refractivity contribution in [3.63, 3.8) is 0 Å². The van der Waals surface area contributed by atoms with Crippen LogP contribution in [0.4, 0.5) is 13.2 Å². The lowest BCUT2D eigenvalue weighted by atomic mass is 10.2. The largest absolute Gasteiger partial charge is 0.431 e. The van der Waals surface area contributed by atoms with Crippen LogP contribution in [0.25, 0.3) is 31.8 Å². The lowest BCUT2D eigenvalue weighted by Gasteiger charge is -2.13. The topological polar surface area (TPSA) is 39.8 Å². The number of hydrogen-bond acceptors (Lipinski definition) is 4. The summed E-state index contributed by atoms with van der Waals surface area (Å²) in [6.07, 6.45) is -4.62. The minimum Gasteiger partial charge on any atom is -0.322 e. The Kier molecular flexibility index (Phi) is 4.98. The summed E-state index contributed by atoms with van der Waals surface area (Å²) in [7, 11) is 1.68. The number of nitrogens with zero attached hydrogens (tertiary/aromatic N) is 3. The zero-order valence-electron chi connectivity index (χ0n) is 16.0. The molecule has 3 heterocycles. The number of fused-ring (bicyclic) bond motifs is 2. The highest BCUT2D eigenvalue weighted by atomic mass is 32.2. The molecular formula is C20H18F3N3OS2. The predicted octanol–water partition coefficient (Wildman–Crippen LogP) is 5.77. The van der Waals surface area contributed by atoms with Gasteiger partial charge in [-0.2, -0.15) is 13.2 Å². The molecule has 0 aliphatic heterocycles. The van der Waals surface area contributed by atoms with Gasteiger partial charge in [-0.1, -0.05) is 25.1 Å². The molecule has 0 unspecified atom stereocenters. The number of aryl methyl sites for hydroxylation is 1. The normalized spacial score (nSPS) is 12.3. The van der Waals surface area contributed by atoms with Gasteiger partial charge < -0.3 is 9.13 Å². The molecular weight excluding hydrogens is 419 g/mol. The van der Waals surface area contributed by atoms with Crippen molar-refractivity contribution in [3.8, 4) is 10.7 Å². The van der Waals surface area contributed by atoms with E-state index in [-0.39, 0.29) is 17.6 Å². The van der Waals surface area contributed by atoms with E-state index in [0.29, 0.717) is 5.82 Å². The monoisotopic (exact) mass is 437 g/mol. The lowest BCUT2D eigenvalue weighted by Crippen LogP contribution is -2.28. The average molecular weight is 438 g/mol. The van der Waals surface area contributed by atoms with Gasteiger partial charge in [0.15, 0.2) is 5.82 Å². The van der Waals surface area contributed by atoms with Gasteiger partial charge in [-0.25, -0.2) is 4.98 Å². The molecule has 3 aromatic heterocycles. The summed E-state index contributed by atoms with van der Waals surface area (Å²) in [4.78, 5) is 19.3. The van der Waals surface area contributed by atoms with Crippen LogP contribution < -0.4 is 5.56 Å². The van der Waals surface area contributed by atoms with E-state index >= 15 is 0 Å². The molecule has 4 aromatic rings. The Labute approximate surface area is 173 Å². The van der Waals surface area contributed by atoms with Crippen molar-refractivity contribution in [3.05, 3.63) is 46.4 Å². The molecule has 29 heavy (non-hydrogen) atoms. The SMILES string of the molecule is CCSc1c(-c2nc3cc(C(F)(F)F)n(CC)c(=O)c3n2C)sc2ccccc12. The van der Waals surface area contributed by atoms with Crippen molar-refractivity contribution in [1.29, 1.82) is 0 Å². The van der Waals surface area contributed by atoms with Crippen LogP contribution in [-0.4, -0.2) is 19.9 Å². The van der Waals surface area contributed by atoms with E-state index in [1.165, 1.54) is 18.3 Å². The van der Waals surface area contributed by atoms with Gasteiger partial charge in [0.1, 0.15) is 11.2 Å². The fourth-order valence-corrected chi connectivity index (χ4v) is 5.86. The lowest BCUT2D eigenvalue weighted by molar-refractivity contribution is -0.144. The number of thioether (sulfide) groups is 1. The molecule has 152 valence electrons. The van der Waals surface area contributed by atoms with Crippen LogP contribution in [0.3, 0.4) is 0 Å². The summed E-state index contributed by atoms with van der Waals surface area (Å²) in [5.74, 6) is 1.36. The third-order valence-electron chi connectivity index (χ3n) is 4.78. The van der Waals surface area contributed by atoms with Gasteiger partial charge in [-0.05, 0) is 24.8 Å². The van der Waals surface area contributed by atoms with Crippen LogP contribution in [0.1, 0.15) is 19.5 Å². The number of benzene rings is 1. The number of aromatic nitrogens is 3. The van der Waals surface area contributed by atoms with Crippen molar-refractivity contribution in [2.45, 2.75) is 31.5 Å². The summed E-state index contributed by atoms with van der Waals surface area (Å²) in [5.41, 5.74) is -1.40. The zero-order chi connectivity index (χ0) is 20.9. The maximum absolute atomic E-state index is 13.5. The molecule has 0 saturated heterocycles. The number of halogens is 3. The summed E-state index contributed by atoms with van der Waals surface area (Å²) < 4.78 is 43.9. The van der Waals surface area contributed by atoms with Crippen LogP contribution in [-0.2, 0) is 19.8 Å². The summed E-state index contributed by atoms with van der Waals surface area (Å²) in [6.45, 7) is 3.51. The Morgan fingerprint density at radius 1 is 1.21 bits per heavy atom. The summed E-state index contributed by atoms with van der Waals surface area (Å²) in [5, 5.41) is 1.09. The van der Waals surface area contributed by atoms with Crippen LogP contribution in [0.5, 0.6) is 0 Å². The quantitative estimate of drug-likeness (QED) is 0.381. The molecule has 0 fully saturated rings. The molecule has 4 rings (SSSR count). The van der Waals surface area contributed by atoms with Gasteiger partial charge in [-0.3, -0.25) is 4.79 Å². The van der Waals surface area contributed by atoms with Crippen LogP contribution >= 0.6 is 23.1 Å². The van der Waals surface area contributed by atoms with E-state index in [4.69, 9.17) is 0 Å². The van der Waals surface area contributed by atoms with E-state index in [0.717, 1.165) is 36.2 Å². The van der Waals surface area contributed by atoms with Crippen molar-refractivity contribution in [1.82, 2.24) is 14.1 Å².